The number of nitrogens with one attached hydrogen (secondary N) is 2. The van der Waals surface area contributed by atoms with Crippen LogP contribution >= 0.6 is 15.9 Å². The number of hydrazine groups is 1. The summed E-state index contributed by atoms with van der Waals surface area (Å²) in [7, 11) is 0. The van der Waals surface area contributed by atoms with Gasteiger partial charge < -0.3 is 9.47 Å². The molecule has 0 unspecified atom stereocenters. The van der Waals surface area contributed by atoms with E-state index in [0.717, 1.165) is 10.9 Å². The van der Waals surface area contributed by atoms with Gasteiger partial charge in [-0.25, -0.2) is 0 Å². The molecule has 0 bridgehead atoms. The maximum atomic E-state index is 11.9. The van der Waals surface area contributed by atoms with Crippen LogP contribution in [0.5, 0.6) is 11.5 Å². The Labute approximate surface area is 192 Å². The van der Waals surface area contributed by atoms with Crippen LogP contribution in [0.2, 0.25) is 0 Å². The summed E-state index contributed by atoms with van der Waals surface area (Å²) in [5.41, 5.74) is 7.10. The van der Waals surface area contributed by atoms with Gasteiger partial charge in [-0.15, -0.1) is 0 Å². The summed E-state index contributed by atoms with van der Waals surface area (Å²) < 4.78 is 11.8. The third kappa shape index (κ3) is 7.58. The fourth-order valence-electron chi connectivity index (χ4n) is 2.70. The highest BCUT2D eigenvalue weighted by Gasteiger charge is 2.17. The van der Waals surface area contributed by atoms with Crippen molar-refractivity contribution >= 4 is 27.7 Å². The predicted molar refractivity (Wildman–Crippen MR) is 125 cm³/mol. The Morgan fingerprint density at radius 2 is 1.55 bits per heavy atom. The zero-order valence-corrected chi connectivity index (χ0v) is 20.3. The second-order valence-electron chi connectivity index (χ2n) is 8.28. The molecule has 0 aliphatic carbocycles. The summed E-state index contributed by atoms with van der Waals surface area (Å²) in [6.45, 7) is 10.3. The molecule has 0 saturated carbocycles. The van der Waals surface area contributed by atoms with Crippen molar-refractivity contribution in [3.8, 4) is 11.5 Å². The highest BCUT2D eigenvalue weighted by Crippen LogP contribution is 2.29. The fourth-order valence-corrected chi connectivity index (χ4v) is 3.21. The largest absolute Gasteiger partial charge is 0.484 e. The van der Waals surface area contributed by atoms with Crippen LogP contribution in [-0.4, -0.2) is 25.0 Å². The van der Waals surface area contributed by atoms with Crippen LogP contribution in [0, 0.1) is 0 Å². The van der Waals surface area contributed by atoms with E-state index >= 15 is 0 Å². The number of rotatable bonds is 9. The second kappa shape index (κ2) is 11.2. The number of carbonyl (C=O) groups excluding carboxylic acids is 2. The van der Waals surface area contributed by atoms with Crippen molar-refractivity contribution in [2.75, 3.05) is 13.2 Å². The van der Waals surface area contributed by atoms with Crippen molar-refractivity contribution in [1.82, 2.24) is 10.9 Å². The molecule has 31 heavy (non-hydrogen) atoms. The van der Waals surface area contributed by atoms with E-state index in [0.29, 0.717) is 17.4 Å². The molecule has 0 spiro atoms. The number of hydrogen-bond donors (Lipinski definition) is 2. The van der Waals surface area contributed by atoms with E-state index < -0.39 is 11.8 Å². The Bertz CT molecular complexity index is 895. The minimum absolute atomic E-state index is 0.0916. The van der Waals surface area contributed by atoms with E-state index in [-0.39, 0.29) is 18.6 Å². The number of amides is 2. The molecule has 2 amide bonds. The molecule has 0 aromatic heterocycles. The van der Waals surface area contributed by atoms with E-state index in [1.54, 1.807) is 0 Å². The Morgan fingerprint density at radius 1 is 0.968 bits per heavy atom. The maximum absolute atomic E-state index is 11.9. The number of ether oxygens (including phenoxy) is 2. The molecule has 0 heterocycles. The molecule has 2 aromatic rings. The Hall–Kier alpha value is -2.54. The van der Waals surface area contributed by atoms with Crippen LogP contribution in [-0.2, 0) is 15.0 Å². The smallest absolute Gasteiger partial charge is 0.276 e. The quantitative estimate of drug-likeness (QED) is 0.491. The number of halogens is 1. The van der Waals surface area contributed by atoms with Gasteiger partial charge in [-0.3, -0.25) is 20.4 Å². The average Bonchev–Trinajstić information content (AvgIpc) is 2.75. The van der Waals surface area contributed by atoms with Gasteiger partial charge in [0.05, 0.1) is 4.47 Å². The standard InChI is InChI=1S/C24H31BrN2O4/c1-6-24(4,5)18-8-10-19(11-9-18)30-14-22(28)26-27-23(29)15-31-21-12-7-17(16(2)3)13-20(21)25/h7-13,16H,6,14-15H2,1-5H3,(H,26,28)(H,27,29). The fraction of sp³-hybridized carbons (Fsp3) is 0.417. The molecule has 7 heteroatoms. The molecule has 0 saturated heterocycles. The minimum Gasteiger partial charge on any atom is -0.484 e. The first kappa shape index (κ1) is 24.7. The highest BCUT2D eigenvalue weighted by atomic mass is 79.9. The summed E-state index contributed by atoms with van der Waals surface area (Å²) >= 11 is 3.45. The van der Waals surface area contributed by atoms with Gasteiger partial charge >= 0.3 is 0 Å². The molecule has 6 nitrogen and oxygen atoms in total. The van der Waals surface area contributed by atoms with Gasteiger partial charge in [0.15, 0.2) is 13.2 Å². The van der Waals surface area contributed by atoms with Crippen LogP contribution < -0.4 is 20.3 Å². The molecular formula is C24H31BrN2O4. The van der Waals surface area contributed by atoms with Crippen molar-refractivity contribution in [3.05, 3.63) is 58.1 Å². The van der Waals surface area contributed by atoms with Crippen LogP contribution in [0.4, 0.5) is 0 Å². The second-order valence-corrected chi connectivity index (χ2v) is 9.13. The van der Waals surface area contributed by atoms with Gasteiger partial charge in [0.25, 0.3) is 11.8 Å². The van der Waals surface area contributed by atoms with Gasteiger partial charge in [-0.1, -0.05) is 52.8 Å². The lowest BCUT2D eigenvalue weighted by molar-refractivity contribution is -0.131. The van der Waals surface area contributed by atoms with Crippen molar-refractivity contribution in [3.63, 3.8) is 0 Å². The van der Waals surface area contributed by atoms with Crippen LogP contribution in [0.1, 0.15) is 58.1 Å². The zero-order valence-electron chi connectivity index (χ0n) is 18.8. The summed E-state index contributed by atoms with van der Waals surface area (Å²) in [4.78, 5) is 23.9. The van der Waals surface area contributed by atoms with E-state index in [1.807, 2.05) is 42.5 Å². The monoisotopic (exact) mass is 490 g/mol. The van der Waals surface area contributed by atoms with E-state index in [1.165, 1.54) is 11.1 Å². The van der Waals surface area contributed by atoms with E-state index in [2.05, 4.69) is 61.4 Å². The molecule has 0 atom stereocenters. The molecule has 2 rings (SSSR count). The van der Waals surface area contributed by atoms with Gasteiger partial charge in [-0.05, 0) is 69.1 Å². The van der Waals surface area contributed by atoms with Crippen molar-refractivity contribution in [1.29, 1.82) is 0 Å². The molecular weight excluding hydrogens is 460 g/mol. The first-order valence-electron chi connectivity index (χ1n) is 10.4. The number of hydrogen-bond acceptors (Lipinski definition) is 4. The first-order chi connectivity index (χ1) is 14.6. The number of benzene rings is 2. The molecule has 2 aromatic carbocycles. The van der Waals surface area contributed by atoms with Crippen molar-refractivity contribution < 1.29 is 19.1 Å². The zero-order chi connectivity index (χ0) is 23.0. The summed E-state index contributed by atoms with van der Waals surface area (Å²) in [6, 6.07) is 13.4. The lowest BCUT2D eigenvalue weighted by Gasteiger charge is -2.23. The topological polar surface area (TPSA) is 76.7 Å². The minimum atomic E-state index is -0.473. The average molecular weight is 491 g/mol. The van der Waals surface area contributed by atoms with Gasteiger partial charge in [0.1, 0.15) is 11.5 Å². The van der Waals surface area contributed by atoms with E-state index in [9.17, 15) is 9.59 Å². The summed E-state index contributed by atoms with van der Waals surface area (Å²) in [5.74, 6) is 0.611. The SMILES string of the molecule is CCC(C)(C)c1ccc(OCC(=O)NNC(=O)COc2ccc(C(C)C)cc2Br)cc1. The molecule has 0 aliphatic rings. The molecule has 2 N–H and O–H groups in total. The predicted octanol–water partition coefficient (Wildman–Crippen LogP) is 4.87. The molecule has 0 aliphatic heterocycles. The molecule has 168 valence electrons. The normalized spacial score (nSPS) is 11.2. The Morgan fingerprint density at radius 3 is 2.06 bits per heavy atom. The maximum Gasteiger partial charge on any atom is 0.276 e. The van der Waals surface area contributed by atoms with Crippen LogP contribution in [0.15, 0.2) is 46.9 Å². The van der Waals surface area contributed by atoms with Gasteiger partial charge in [0, 0.05) is 0 Å². The van der Waals surface area contributed by atoms with Crippen LogP contribution in [0.25, 0.3) is 0 Å². The summed E-state index contributed by atoms with van der Waals surface area (Å²) in [5, 5.41) is 0. The van der Waals surface area contributed by atoms with Crippen molar-refractivity contribution in [2.45, 2.75) is 52.4 Å². The van der Waals surface area contributed by atoms with Gasteiger partial charge in [0.2, 0.25) is 0 Å². The van der Waals surface area contributed by atoms with Gasteiger partial charge in [-0.2, -0.15) is 0 Å². The summed E-state index contributed by atoms with van der Waals surface area (Å²) in [6.07, 6.45) is 1.03. The third-order valence-corrected chi connectivity index (χ3v) is 5.83. The number of carbonyl (C=O) groups is 2. The lowest BCUT2D eigenvalue weighted by Crippen LogP contribution is -2.45. The van der Waals surface area contributed by atoms with E-state index in [4.69, 9.17) is 9.47 Å². The lowest BCUT2D eigenvalue weighted by atomic mass is 9.82. The Balaban J connectivity index is 1.73. The van der Waals surface area contributed by atoms with Crippen LogP contribution in [0.3, 0.4) is 0 Å². The third-order valence-electron chi connectivity index (χ3n) is 5.21. The first-order valence-corrected chi connectivity index (χ1v) is 11.1. The van der Waals surface area contributed by atoms with Crippen molar-refractivity contribution in [2.24, 2.45) is 0 Å². The molecule has 0 fully saturated rings. The Kier molecular flexibility index (Phi) is 8.92. The highest BCUT2D eigenvalue weighted by molar-refractivity contribution is 9.10. The molecule has 0 radical (unpaired) electrons.